The molecule has 0 aliphatic heterocycles. The van der Waals surface area contributed by atoms with E-state index in [0.717, 1.165) is 25.7 Å². The molecule has 2 saturated carbocycles. The van der Waals surface area contributed by atoms with Gasteiger partial charge in [-0.05, 0) is 55.7 Å². The average molecular weight is 311 g/mol. The number of rotatable bonds is 5. The second-order valence-electron chi connectivity index (χ2n) is 5.58. The summed E-state index contributed by atoms with van der Waals surface area (Å²) in [4.78, 5) is 0.0597. The minimum absolute atomic E-state index is 0.0479. The molecule has 1 aromatic carbocycles. The van der Waals surface area contributed by atoms with Crippen molar-refractivity contribution in [2.45, 2.75) is 36.6 Å². The van der Waals surface area contributed by atoms with Gasteiger partial charge in [0.1, 0.15) is 4.90 Å². The number of nitrogens with one attached hydrogen (secondary N) is 1. The summed E-state index contributed by atoms with van der Waals surface area (Å²) in [6.45, 7) is 0. The Morgan fingerprint density at radius 2 is 1.85 bits per heavy atom. The van der Waals surface area contributed by atoms with E-state index in [2.05, 4.69) is 4.72 Å². The van der Waals surface area contributed by atoms with Crippen molar-refractivity contribution < 1.29 is 8.42 Å². The molecule has 106 valence electrons. The molecule has 4 nitrogen and oxygen atoms in total. The largest absolute Gasteiger partial charge is 0.242 e. The van der Waals surface area contributed by atoms with E-state index in [1.165, 1.54) is 18.2 Å². The van der Waals surface area contributed by atoms with E-state index in [1.54, 1.807) is 0 Å². The van der Waals surface area contributed by atoms with Crippen LogP contribution in [0, 0.1) is 23.2 Å². The predicted molar refractivity (Wildman–Crippen MR) is 75.7 cm³/mol. The number of benzene rings is 1. The Hall–Kier alpha value is -1.09. The number of sulfonamides is 1. The van der Waals surface area contributed by atoms with Crippen molar-refractivity contribution in [3.8, 4) is 6.07 Å². The normalized spacial score (nSPS) is 19.1. The predicted octanol–water partition coefficient (Wildman–Crippen LogP) is 2.68. The summed E-state index contributed by atoms with van der Waals surface area (Å²) in [7, 11) is -3.62. The third-order valence-corrected chi connectivity index (χ3v) is 5.84. The van der Waals surface area contributed by atoms with E-state index in [-0.39, 0.29) is 16.0 Å². The summed E-state index contributed by atoms with van der Waals surface area (Å²) in [5.41, 5.74) is 0.356. The Bertz CT molecular complexity index is 661. The van der Waals surface area contributed by atoms with Gasteiger partial charge in [-0.1, -0.05) is 11.6 Å². The fourth-order valence-corrected chi connectivity index (χ4v) is 4.44. The van der Waals surface area contributed by atoms with Crippen molar-refractivity contribution in [3.05, 3.63) is 28.8 Å². The Balaban J connectivity index is 1.85. The molecule has 0 spiro atoms. The van der Waals surface area contributed by atoms with Gasteiger partial charge in [-0.25, -0.2) is 13.1 Å². The van der Waals surface area contributed by atoms with Crippen LogP contribution in [0.3, 0.4) is 0 Å². The molecule has 2 aliphatic rings. The summed E-state index contributed by atoms with van der Waals surface area (Å²) in [6, 6.07) is 6.26. The first kappa shape index (κ1) is 13.9. The maximum absolute atomic E-state index is 12.4. The summed E-state index contributed by atoms with van der Waals surface area (Å²) < 4.78 is 27.7. The first-order valence-electron chi connectivity index (χ1n) is 6.73. The Morgan fingerprint density at radius 3 is 2.30 bits per heavy atom. The lowest BCUT2D eigenvalue weighted by Crippen LogP contribution is -2.38. The minimum atomic E-state index is -3.62. The zero-order chi connectivity index (χ0) is 14.3. The number of hydrogen-bond acceptors (Lipinski definition) is 3. The summed E-state index contributed by atoms with van der Waals surface area (Å²) >= 11 is 6.00. The maximum atomic E-state index is 12.4. The third kappa shape index (κ3) is 2.83. The molecule has 2 fully saturated rings. The highest BCUT2D eigenvalue weighted by molar-refractivity contribution is 7.89. The van der Waals surface area contributed by atoms with Crippen LogP contribution in [0.15, 0.2) is 23.1 Å². The molecule has 20 heavy (non-hydrogen) atoms. The van der Waals surface area contributed by atoms with Gasteiger partial charge in [-0.15, -0.1) is 0 Å². The Kier molecular flexibility index (Phi) is 3.49. The van der Waals surface area contributed by atoms with Crippen molar-refractivity contribution in [1.29, 1.82) is 5.26 Å². The number of nitrogens with zero attached hydrogens (tertiary/aromatic N) is 1. The minimum Gasteiger partial charge on any atom is -0.207 e. The molecular weight excluding hydrogens is 296 g/mol. The van der Waals surface area contributed by atoms with Crippen LogP contribution in [0.25, 0.3) is 0 Å². The number of nitriles is 1. The highest BCUT2D eigenvalue weighted by Gasteiger charge is 2.43. The molecule has 0 bridgehead atoms. The van der Waals surface area contributed by atoms with Gasteiger partial charge in [0.15, 0.2) is 0 Å². The van der Waals surface area contributed by atoms with Crippen LogP contribution in [0.4, 0.5) is 0 Å². The van der Waals surface area contributed by atoms with Crippen LogP contribution in [-0.2, 0) is 10.0 Å². The molecule has 0 radical (unpaired) electrons. The van der Waals surface area contributed by atoms with Crippen molar-refractivity contribution in [3.63, 3.8) is 0 Å². The second kappa shape index (κ2) is 5.03. The number of hydrogen-bond donors (Lipinski definition) is 1. The molecule has 0 aromatic heterocycles. The van der Waals surface area contributed by atoms with Crippen LogP contribution in [-0.4, -0.2) is 14.5 Å². The second-order valence-corrected chi connectivity index (χ2v) is 7.67. The smallest absolute Gasteiger partial charge is 0.207 e. The van der Waals surface area contributed by atoms with E-state index < -0.39 is 10.0 Å². The standard InChI is InChI=1S/C14H15ClN2O2S/c15-12-7-9(8-16)1-6-13(12)20(18,19)17-14(10-2-3-10)11-4-5-11/h1,6-7,10-11,14,17H,2-5H2. The molecule has 6 heteroatoms. The molecule has 1 N–H and O–H groups in total. The monoisotopic (exact) mass is 310 g/mol. The molecule has 0 heterocycles. The van der Waals surface area contributed by atoms with Gasteiger partial charge >= 0.3 is 0 Å². The zero-order valence-electron chi connectivity index (χ0n) is 10.8. The van der Waals surface area contributed by atoms with Gasteiger partial charge in [0.2, 0.25) is 10.0 Å². The fraction of sp³-hybridized carbons (Fsp3) is 0.500. The lowest BCUT2D eigenvalue weighted by Gasteiger charge is -2.18. The van der Waals surface area contributed by atoms with E-state index in [1.807, 2.05) is 6.07 Å². The quantitative estimate of drug-likeness (QED) is 0.909. The van der Waals surface area contributed by atoms with E-state index >= 15 is 0 Å². The fourth-order valence-electron chi connectivity index (χ4n) is 2.52. The summed E-state index contributed by atoms with van der Waals surface area (Å²) in [5, 5.41) is 8.89. The third-order valence-electron chi connectivity index (χ3n) is 3.90. The molecule has 0 unspecified atom stereocenters. The van der Waals surface area contributed by atoms with Crippen molar-refractivity contribution in [2.24, 2.45) is 11.8 Å². The van der Waals surface area contributed by atoms with Crippen LogP contribution in [0.2, 0.25) is 5.02 Å². The van der Waals surface area contributed by atoms with Gasteiger partial charge < -0.3 is 0 Å². The molecule has 0 amide bonds. The van der Waals surface area contributed by atoms with Crippen molar-refractivity contribution in [2.75, 3.05) is 0 Å². The van der Waals surface area contributed by atoms with Crippen molar-refractivity contribution in [1.82, 2.24) is 4.72 Å². The first-order chi connectivity index (χ1) is 9.51. The Morgan fingerprint density at radius 1 is 1.25 bits per heavy atom. The zero-order valence-corrected chi connectivity index (χ0v) is 12.4. The summed E-state index contributed by atoms with van der Waals surface area (Å²) in [5.74, 6) is 0.962. The SMILES string of the molecule is N#Cc1ccc(S(=O)(=O)NC(C2CC2)C2CC2)c(Cl)c1. The Labute approximate surface area is 123 Å². The molecule has 3 rings (SSSR count). The topological polar surface area (TPSA) is 70.0 Å². The van der Waals surface area contributed by atoms with Gasteiger partial charge in [-0.3, -0.25) is 0 Å². The van der Waals surface area contributed by atoms with Crippen LogP contribution >= 0.6 is 11.6 Å². The van der Waals surface area contributed by atoms with Crippen LogP contribution in [0.1, 0.15) is 31.2 Å². The average Bonchev–Trinajstić information content (AvgIpc) is 3.28. The molecule has 0 saturated heterocycles. The maximum Gasteiger partial charge on any atom is 0.242 e. The highest BCUT2D eigenvalue weighted by Crippen LogP contribution is 2.45. The summed E-state index contributed by atoms with van der Waals surface area (Å²) in [6.07, 6.45) is 4.41. The van der Waals surface area contributed by atoms with Crippen LogP contribution < -0.4 is 4.72 Å². The number of halogens is 1. The van der Waals surface area contributed by atoms with Crippen molar-refractivity contribution >= 4 is 21.6 Å². The van der Waals surface area contributed by atoms with E-state index in [4.69, 9.17) is 16.9 Å². The van der Waals surface area contributed by atoms with Gasteiger partial charge in [0.25, 0.3) is 0 Å². The van der Waals surface area contributed by atoms with Gasteiger partial charge in [0.05, 0.1) is 16.7 Å². The lowest BCUT2D eigenvalue weighted by atomic mass is 10.1. The molecule has 1 aromatic rings. The van der Waals surface area contributed by atoms with Gasteiger partial charge in [0, 0.05) is 6.04 Å². The van der Waals surface area contributed by atoms with E-state index in [0.29, 0.717) is 17.4 Å². The lowest BCUT2D eigenvalue weighted by molar-refractivity contribution is 0.471. The van der Waals surface area contributed by atoms with E-state index in [9.17, 15) is 8.42 Å². The molecular formula is C14H15ClN2O2S. The van der Waals surface area contributed by atoms with Gasteiger partial charge in [-0.2, -0.15) is 5.26 Å². The first-order valence-corrected chi connectivity index (χ1v) is 8.59. The highest BCUT2D eigenvalue weighted by atomic mass is 35.5. The molecule has 2 aliphatic carbocycles. The molecule has 0 atom stereocenters. The van der Waals surface area contributed by atoms with Crippen LogP contribution in [0.5, 0.6) is 0 Å².